The number of carbonyl (C=O) groups excluding carboxylic acids is 11. The van der Waals surface area contributed by atoms with Crippen molar-refractivity contribution in [1.82, 2.24) is 42.1 Å². The number of nitrogens with one attached hydrogen (secondary N) is 7. The molecule has 0 bridgehead atoms. The lowest BCUT2D eigenvalue weighted by Crippen LogP contribution is -2.63. The van der Waals surface area contributed by atoms with E-state index in [0.29, 0.717) is 24.3 Å². The first-order valence-corrected chi connectivity index (χ1v) is 25.3. The predicted octanol–water partition coefficient (Wildman–Crippen LogP) is -2.63. The molecule has 7 unspecified atom stereocenters. The lowest BCUT2D eigenvalue weighted by atomic mass is 10.0. The number of nitrogens with zero attached hydrogens (tertiary/aromatic N) is 1. The summed E-state index contributed by atoms with van der Waals surface area (Å²) in [6, 6.07) is -8.42. The van der Waals surface area contributed by atoms with Gasteiger partial charge in [0, 0.05) is 19.4 Å². The van der Waals surface area contributed by atoms with Gasteiger partial charge in [0.05, 0.1) is 25.4 Å². The number of primary amides is 3. The summed E-state index contributed by atoms with van der Waals surface area (Å²) in [5, 5.41) is 47.0. The first-order valence-electron chi connectivity index (χ1n) is 25.3. The maximum atomic E-state index is 14.3. The molecular formula is C49H75N11O15. The molecule has 0 radical (unpaired) electrons. The standard InChI is InChI=1S/C49H75N11O15/c1-26(2)12-9-7-5-4-6-8-10-13-30-42(68)56-34(24-38(51)64)45(71)55-32(22-28-15-17-29(62)18-16-28)43(69)57-33(23-37(50)63)44(70)54-31(19-20-40(66)67)49(75)60-21-11-14-36(60)47(73)58-35(25-39(52)65)46(72)59-41(27(3)61)48(74)53-30/h15-18,26-27,30-36,41,61-62H,4-14,19-25H2,1-3H3,(H2,50,63)(H2,51,64)(H2,52,65)(H,53,74)(H,54,70)(H,55,71)(H,56,68)(H,57,69)(H,58,73)(H,59,72)(H,66,67)/t27-,30?,31?,32?,33?,34?,35?,36?,41+/m1/s1. The Morgan fingerprint density at radius 2 is 1.01 bits per heavy atom. The van der Waals surface area contributed by atoms with Crippen LogP contribution in [0.1, 0.15) is 129 Å². The Bertz CT molecular complexity index is 2210. The average molecular weight is 1060 g/mol. The number of rotatable bonds is 22. The smallest absolute Gasteiger partial charge is 0.303 e. The molecule has 3 rings (SSSR count). The summed E-state index contributed by atoms with van der Waals surface area (Å²) < 4.78 is 0. The van der Waals surface area contributed by atoms with Crippen molar-refractivity contribution < 1.29 is 72.9 Å². The van der Waals surface area contributed by atoms with E-state index in [2.05, 4.69) is 51.1 Å². The maximum absolute atomic E-state index is 14.3. The molecule has 0 saturated carbocycles. The van der Waals surface area contributed by atoms with Crippen molar-refractivity contribution in [2.24, 2.45) is 23.1 Å². The van der Waals surface area contributed by atoms with Crippen molar-refractivity contribution in [2.45, 2.75) is 184 Å². The highest BCUT2D eigenvalue weighted by Gasteiger charge is 2.41. The quantitative estimate of drug-likeness (QED) is 0.0529. The van der Waals surface area contributed by atoms with Gasteiger partial charge in [-0.1, -0.05) is 77.3 Å². The molecule has 2 heterocycles. The Balaban J connectivity index is 2.17. The molecule has 2 saturated heterocycles. The Morgan fingerprint density at radius 1 is 0.573 bits per heavy atom. The number of unbranched alkanes of at least 4 members (excludes halogenated alkanes) is 6. The Kier molecular flexibility index (Phi) is 25.4. The molecule has 2 fully saturated rings. The van der Waals surface area contributed by atoms with E-state index < -0.39 is 157 Å². The van der Waals surface area contributed by atoms with E-state index in [1.54, 1.807) is 0 Å². The van der Waals surface area contributed by atoms with Gasteiger partial charge in [-0.25, -0.2) is 0 Å². The number of hydrogen-bond acceptors (Lipinski definition) is 14. The number of carbonyl (C=O) groups is 12. The number of aliphatic carboxylic acids is 1. The van der Waals surface area contributed by atoms with Gasteiger partial charge in [0.1, 0.15) is 54.1 Å². The van der Waals surface area contributed by atoms with Crippen molar-refractivity contribution >= 4 is 70.9 Å². The third-order valence-corrected chi connectivity index (χ3v) is 12.7. The highest BCUT2D eigenvalue weighted by atomic mass is 16.4. The molecule has 9 atom stereocenters. The van der Waals surface area contributed by atoms with Gasteiger partial charge in [0.15, 0.2) is 0 Å². The van der Waals surface area contributed by atoms with Crippen LogP contribution in [0.25, 0.3) is 0 Å². The number of phenolic OH excluding ortho intramolecular Hbond substituents is 1. The van der Waals surface area contributed by atoms with E-state index in [9.17, 15) is 72.9 Å². The number of phenols is 1. The molecular weight excluding hydrogens is 983 g/mol. The van der Waals surface area contributed by atoms with Crippen LogP contribution < -0.4 is 54.4 Å². The van der Waals surface area contributed by atoms with Crippen molar-refractivity contribution in [3.05, 3.63) is 29.8 Å². The molecule has 75 heavy (non-hydrogen) atoms. The van der Waals surface area contributed by atoms with Gasteiger partial charge < -0.3 is 74.6 Å². The van der Waals surface area contributed by atoms with Crippen LogP contribution in [0.2, 0.25) is 0 Å². The summed E-state index contributed by atoms with van der Waals surface area (Å²) in [5.74, 6) is -13.2. The summed E-state index contributed by atoms with van der Waals surface area (Å²) in [4.78, 5) is 163. The second-order valence-electron chi connectivity index (χ2n) is 19.5. The summed E-state index contributed by atoms with van der Waals surface area (Å²) in [7, 11) is 0. The van der Waals surface area contributed by atoms with Crippen LogP contribution in [0.3, 0.4) is 0 Å². The number of carboxylic acid groups (broad SMARTS) is 1. The molecule has 0 spiro atoms. The number of nitrogens with two attached hydrogens (primary N) is 3. The molecule has 0 aromatic heterocycles. The molecule has 2 aliphatic rings. The third-order valence-electron chi connectivity index (χ3n) is 12.7. The fraction of sp³-hybridized carbons (Fsp3) is 0.633. The Morgan fingerprint density at radius 3 is 1.52 bits per heavy atom. The summed E-state index contributed by atoms with van der Waals surface area (Å²) in [5.41, 5.74) is 16.8. The first-order chi connectivity index (χ1) is 35.4. The van der Waals surface area contributed by atoms with Crippen LogP contribution in [0.5, 0.6) is 5.75 Å². The molecule has 2 aliphatic heterocycles. The summed E-state index contributed by atoms with van der Waals surface area (Å²) >= 11 is 0. The first kappa shape index (κ1) is 61.9. The average Bonchev–Trinajstić information content (AvgIpc) is 3.82. The van der Waals surface area contributed by atoms with Crippen molar-refractivity contribution in [2.75, 3.05) is 6.54 Å². The second-order valence-corrected chi connectivity index (χ2v) is 19.5. The van der Waals surface area contributed by atoms with E-state index in [-0.39, 0.29) is 38.0 Å². The van der Waals surface area contributed by atoms with E-state index in [0.717, 1.165) is 50.3 Å². The Labute approximate surface area is 434 Å². The van der Waals surface area contributed by atoms with Crippen LogP contribution in [-0.4, -0.2) is 152 Å². The number of benzene rings is 1. The summed E-state index contributed by atoms with van der Waals surface area (Å²) in [6.07, 6.45) is 0.867. The van der Waals surface area contributed by atoms with Crippen LogP contribution in [0.15, 0.2) is 24.3 Å². The van der Waals surface area contributed by atoms with E-state index in [4.69, 9.17) is 17.2 Å². The van der Waals surface area contributed by atoms with Crippen molar-refractivity contribution in [3.8, 4) is 5.75 Å². The Hall–Kier alpha value is -7.38. The van der Waals surface area contributed by atoms with Crippen LogP contribution in [-0.2, 0) is 64.0 Å². The number of aliphatic hydroxyl groups is 1. The highest BCUT2D eigenvalue weighted by Crippen LogP contribution is 2.21. The number of fused-ring (bicyclic) bond motifs is 1. The fourth-order valence-electron chi connectivity index (χ4n) is 8.67. The molecule has 1 aromatic carbocycles. The van der Waals surface area contributed by atoms with E-state index >= 15 is 0 Å². The van der Waals surface area contributed by atoms with Gasteiger partial charge in [0.25, 0.3) is 0 Å². The van der Waals surface area contributed by atoms with Gasteiger partial charge in [-0.15, -0.1) is 0 Å². The molecule has 416 valence electrons. The zero-order valence-electron chi connectivity index (χ0n) is 42.7. The van der Waals surface area contributed by atoms with Gasteiger partial charge in [0.2, 0.25) is 65.0 Å². The second kappa shape index (κ2) is 30.7. The van der Waals surface area contributed by atoms with Crippen molar-refractivity contribution in [3.63, 3.8) is 0 Å². The van der Waals surface area contributed by atoms with Gasteiger partial charge in [-0.2, -0.15) is 0 Å². The fourth-order valence-corrected chi connectivity index (χ4v) is 8.67. The molecule has 0 aliphatic carbocycles. The molecule has 26 heteroatoms. The minimum Gasteiger partial charge on any atom is -0.508 e. The number of aromatic hydroxyl groups is 1. The minimum atomic E-state index is -1.90. The third kappa shape index (κ3) is 21.5. The topological polar surface area (TPSA) is 431 Å². The lowest BCUT2D eigenvalue weighted by Gasteiger charge is -2.31. The van der Waals surface area contributed by atoms with Gasteiger partial charge >= 0.3 is 5.97 Å². The number of amides is 11. The summed E-state index contributed by atoms with van der Waals surface area (Å²) in [6.45, 7) is 5.30. The highest BCUT2D eigenvalue weighted by molar-refractivity contribution is 6.01. The van der Waals surface area contributed by atoms with Gasteiger partial charge in [-0.3, -0.25) is 57.5 Å². The normalized spacial score (nSPS) is 24.3. The molecule has 16 N–H and O–H groups in total. The molecule has 26 nitrogen and oxygen atoms in total. The minimum absolute atomic E-state index is 0.0304. The number of carboxylic acids is 1. The van der Waals surface area contributed by atoms with Crippen LogP contribution >= 0.6 is 0 Å². The molecule has 11 amide bonds. The molecule has 1 aromatic rings. The van der Waals surface area contributed by atoms with Crippen molar-refractivity contribution in [1.29, 1.82) is 0 Å². The largest absolute Gasteiger partial charge is 0.508 e. The maximum Gasteiger partial charge on any atom is 0.303 e. The van der Waals surface area contributed by atoms with E-state index in [1.807, 2.05) is 0 Å². The number of aliphatic hydroxyl groups excluding tert-OH is 1. The van der Waals surface area contributed by atoms with Crippen LogP contribution in [0, 0.1) is 5.92 Å². The lowest BCUT2D eigenvalue weighted by molar-refractivity contribution is -0.144. The monoisotopic (exact) mass is 1060 g/mol. The van der Waals surface area contributed by atoms with Crippen LogP contribution in [0.4, 0.5) is 0 Å². The SMILES string of the molecule is CC(C)CCCCCCCCCC1NC(=O)[C@H]([C@@H](C)O)NC(=O)C(CC(N)=O)NC(=O)C2CCCN2C(=O)C(CCC(=O)O)NC(=O)C(CC(N)=O)NC(=O)C(Cc2ccc(O)cc2)NC(=O)C(CC(N)=O)NC1=O. The zero-order valence-corrected chi connectivity index (χ0v) is 42.7. The van der Waals surface area contributed by atoms with E-state index in [1.165, 1.54) is 24.3 Å². The van der Waals surface area contributed by atoms with Gasteiger partial charge in [-0.05, 0) is 56.2 Å². The predicted molar refractivity (Wildman–Crippen MR) is 266 cm³/mol. The zero-order chi connectivity index (χ0) is 55.9. The number of hydrogen-bond donors (Lipinski definition) is 13.